The molecule has 14 rings (SSSR count). The van der Waals surface area contributed by atoms with Gasteiger partial charge in [-0.25, -0.2) is 15.0 Å². The average Bonchev–Trinajstić information content (AvgIpc) is 3.94. The van der Waals surface area contributed by atoms with Crippen molar-refractivity contribution in [2.45, 2.75) is 0 Å². The van der Waals surface area contributed by atoms with E-state index in [0.29, 0.717) is 17.5 Å². The highest BCUT2D eigenvalue weighted by molar-refractivity contribution is 6.27. The lowest BCUT2D eigenvalue weighted by Gasteiger charge is -2.14. The maximum atomic E-state index is 5.19. The Kier molecular flexibility index (Phi) is 9.14. The summed E-state index contributed by atoms with van der Waals surface area (Å²) in [5.74, 6) is 1.88. The number of rotatable bonds is 7. The summed E-state index contributed by atoms with van der Waals surface area (Å²) in [7, 11) is 0. The number of fused-ring (bicyclic) bond motifs is 9. The minimum atomic E-state index is 0.622. The van der Waals surface area contributed by atoms with Crippen LogP contribution in [0.1, 0.15) is 0 Å². The summed E-state index contributed by atoms with van der Waals surface area (Å²) in [4.78, 5) is 15.4. The minimum Gasteiger partial charge on any atom is -0.309 e. The zero-order valence-corrected chi connectivity index (χ0v) is 37.9. The molecule has 0 aliphatic rings. The fourth-order valence-corrected chi connectivity index (χ4v) is 10.7. The molecule has 326 valence electrons. The summed E-state index contributed by atoms with van der Waals surface area (Å²) in [5, 5.41) is 9.61. The van der Waals surface area contributed by atoms with E-state index in [9.17, 15) is 0 Å². The summed E-state index contributed by atoms with van der Waals surface area (Å²) in [6.07, 6.45) is 0. The smallest absolute Gasteiger partial charge is 0.164 e. The molecule has 0 radical (unpaired) electrons. The molecule has 3 aromatic heterocycles. The van der Waals surface area contributed by atoms with Crippen LogP contribution >= 0.6 is 0 Å². The molecule has 5 nitrogen and oxygen atoms in total. The van der Waals surface area contributed by atoms with Gasteiger partial charge < -0.3 is 9.13 Å². The van der Waals surface area contributed by atoms with E-state index < -0.39 is 0 Å². The molecule has 0 saturated carbocycles. The van der Waals surface area contributed by atoms with E-state index in [1.54, 1.807) is 0 Å². The van der Waals surface area contributed by atoms with Crippen LogP contribution in [0.3, 0.4) is 0 Å². The second-order valence-corrected chi connectivity index (χ2v) is 18.0. The summed E-state index contributed by atoms with van der Waals surface area (Å²) in [6.45, 7) is 0. The Hall–Kier alpha value is -9.45. The molecule has 0 bridgehead atoms. The maximum Gasteiger partial charge on any atom is 0.164 e. The minimum absolute atomic E-state index is 0.622. The van der Waals surface area contributed by atoms with Crippen LogP contribution in [0, 0.1) is 0 Å². The van der Waals surface area contributed by atoms with Gasteiger partial charge in [0.15, 0.2) is 17.5 Å². The monoisotopic (exact) mass is 891 g/mol. The van der Waals surface area contributed by atoms with Crippen molar-refractivity contribution in [3.63, 3.8) is 0 Å². The lowest BCUT2D eigenvalue weighted by molar-refractivity contribution is 1.07. The lowest BCUT2D eigenvalue weighted by Crippen LogP contribution is -2.00. The second-order valence-electron chi connectivity index (χ2n) is 18.0. The average molecular weight is 892 g/mol. The van der Waals surface area contributed by atoms with E-state index in [1.165, 1.54) is 49.0 Å². The number of para-hydroxylation sites is 2. The molecule has 0 fully saturated rings. The first-order valence-corrected chi connectivity index (χ1v) is 23.8. The predicted octanol–water partition coefficient (Wildman–Crippen LogP) is 16.7. The highest BCUT2D eigenvalue weighted by Gasteiger charge is 2.22. The number of benzene rings is 11. The van der Waals surface area contributed by atoms with Crippen molar-refractivity contribution >= 4 is 65.2 Å². The molecule has 5 heteroatoms. The number of nitrogens with zero attached hydrogens (tertiary/aromatic N) is 5. The van der Waals surface area contributed by atoms with Crippen molar-refractivity contribution in [2.24, 2.45) is 0 Å². The van der Waals surface area contributed by atoms with Crippen LogP contribution in [-0.4, -0.2) is 24.1 Å². The summed E-state index contributed by atoms with van der Waals surface area (Å²) >= 11 is 0. The van der Waals surface area contributed by atoms with Gasteiger partial charge in [-0.2, -0.15) is 0 Å². The molecular weight excluding hydrogens is 851 g/mol. The van der Waals surface area contributed by atoms with Crippen molar-refractivity contribution in [3.05, 3.63) is 249 Å². The Morgan fingerprint density at radius 1 is 0.257 bits per heavy atom. The normalized spacial score (nSPS) is 11.7. The van der Waals surface area contributed by atoms with Crippen LogP contribution in [0.4, 0.5) is 0 Å². The van der Waals surface area contributed by atoms with E-state index in [4.69, 9.17) is 15.0 Å². The third kappa shape index (κ3) is 6.44. The molecule has 0 atom stereocenters. The zero-order valence-electron chi connectivity index (χ0n) is 37.9. The predicted molar refractivity (Wildman–Crippen MR) is 291 cm³/mol. The van der Waals surface area contributed by atoms with Gasteiger partial charge in [-0.15, -0.1) is 0 Å². The molecule has 3 heterocycles. The fraction of sp³-hybridized carbons (Fsp3) is 0. The topological polar surface area (TPSA) is 48.5 Å². The molecule has 0 N–H and O–H groups in total. The van der Waals surface area contributed by atoms with Crippen molar-refractivity contribution in [2.75, 3.05) is 0 Å². The first-order chi connectivity index (χ1) is 34.7. The molecule has 0 saturated heterocycles. The van der Waals surface area contributed by atoms with E-state index in [0.717, 1.165) is 66.5 Å². The fourth-order valence-electron chi connectivity index (χ4n) is 10.7. The van der Waals surface area contributed by atoms with Gasteiger partial charge in [0.2, 0.25) is 0 Å². The maximum absolute atomic E-state index is 5.19. The van der Waals surface area contributed by atoms with Crippen LogP contribution in [0.2, 0.25) is 0 Å². The molecule has 0 aliphatic heterocycles. The largest absolute Gasteiger partial charge is 0.309 e. The van der Waals surface area contributed by atoms with Gasteiger partial charge in [-0.1, -0.05) is 194 Å². The van der Waals surface area contributed by atoms with E-state index in [1.807, 2.05) is 24.3 Å². The van der Waals surface area contributed by atoms with Gasteiger partial charge in [0.05, 0.1) is 27.8 Å². The van der Waals surface area contributed by atoms with Gasteiger partial charge in [0, 0.05) is 49.3 Å². The van der Waals surface area contributed by atoms with E-state index >= 15 is 0 Å². The second kappa shape index (κ2) is 16.1. The van der Waals surface area contributed by atoms with Crippen molar-refractivity contribution < 1.29 is 0 Å². The lowest BCUT2D eigenvalue weighted by atomic mass is 9.94. The Balaban J connectivity index is 0.980. The van der Waals surface area contributed by atoms with Gasteiger partial charge >= 0.3 is 0 Å². The van der Waals surface area contributed by atoms with Crippen LogP contribution in [0.5, 0.6) is 0 Å². The summed E-state index contributed by atoms with van der Waals surface area (Å²) < 4.78 is 4.92. The Morgan fingerprint density at radius 2 is 0.814 bits per heavy atom. The molecule has 0 spiro atoms. The van der Waals surface area contributed by atoms with Gasteiger partial charge in [-0.05, 0) is 93.0 Å². The third-order valence-electron chi connectivity index (χ3n) is 13.9. The van der Waals surface area contributed by atoms with Crippen molar-refractivity contribution in [3.8, 4) is 67.8 Å². The van der Waals surface area contributed by atoms with Gasteiger partial charge in [-0.3, -0.25) is 0 Å². The molecular formula is C65H41N5. The highest BCUT2D eigenvalue weighted by Crippen LogP contribution is 2.45. The third-order valence-corrected chi connectivity index (χ3v) is 13.9. The van der Waals surface area contributed by atoms with Crippen molar-refractivity contribution in [1.82, 2.24) is 24.1 Å². The molecule has 0 unspecified atom stereocenters. The number of hydrogen-bond donors (Lipinski definition) is 0. The first kappa shape index (κ1) is 39.7. The summed E-state index contributed by atoms with van der Waals surface area (Å²) in [6, 6.07) is 88.9. The molecule has 70 heavy (non-hydrogen) atoms. The quantitative estimate of drug-likeness (QED) is 0.160. The molecule has 0 aliphatic carbocycles. The molecule has 14 aromatic rings. The van der Waals surface area contributed by atoms with Crippen LogP contribution in [0.25, 0.3) is 133 Å². The highest BCUT2D eigenvalue weighted by atomic mass is 15.0. The Morgan fingerprint density at radius 3 is 1.56 bits per heavy atom. The van der Waals surface area contributed by atoms with Crippen molar-refractivity contribution in [1.29, 1.82) is 0 Å². The number of aromatic nitrogens is 5. The Bertz CT molecular complexity index is 4330. The van der Waals surface area contributed by atoms with E-state index in [-0.39, 0.29) is 0 Å². The number of hydrogen-bond acceptors (Lipinski definition) is 3. The van der Waals surface area contributed by atoms with Crippen LogP contribution in [0.15, 0.2) is 249 Å². The molecule has 11 aromatic carbocycles. The Labute approximate surface area is 403 Å². The van der Waals surface area contributed by atoms with Crippen LogP contribution in [-0.2, 0) is 0 Å². The van der Waals surface area contributed by atoms with Crippen LogP contribution < -0.4 is 0 Å². The summed E-state index contributed by atoms with van der Waals surface area (Å²) in [5.41, 5.74) is 14.3. The SMILES string of the molecule is c1ccc(-c2cccc(-c3nc(-c4ccccc4)nc(-c4ccc5c(-n6c7ccccc7c7cc8c9c%10ccccc%10c(-c%10ccccc%10)cc9n(-c9ccccc9)c8cc76)cccc5c4)n3)c2)cc1. The standard InChI is InChI=1S/C65H41N5/c1-5-19-42(20-6-1)45-25-17-27-47(37-45)64-66-63(44-23-9-3-10-24-44)67-65(68-64)48-35-36-50-46(38-48)26-18-34-57(50)70-58-33-16-15-31-52(58)55-39-56-60(41-59(55)70)69(49-28-11-4-12-29-49)61-40-54(43-21-7-2-8-22-43)51-30-13-14-32-53(51)62(56)61/h1-41H. The van der Waals surface area contributed by atoms with Gasteiger partial charge in [0.25, 0.3) is 0 Å². The van der Waals surface area contributed by atoms with Gasteiger partial charge in [0.1, 0.15) is 0 Å². The first-order valence-electron chi connectivity index (χ1n) is 23.8. The zero-order chi connectivity index (χ0) is 46.1. The molecule has 0 amide bonds. The van der Waals surface area contributed by atoms with E-state index in [2.05, 4.69) is 234 Å².